The van der Waals surface area contributed by atoms with Crippen molar-refractivity contribution in [3.63, 3.8) is 0 Å². The van der Waals surface area contributed by atoms with Gasteiger partial charge in [0.05, 0.1) is 34.4 Å². The summed E-state index contributed by atoms with van der Waals surface area (Å²) >= 11 is 12.1. The first-order chi connectivity index (χ1) is 14.4. The normalized spacial score (nSPS) is 19.1. The number of nitrogens with zero attached hydrogens (tertiary/aromatic N) is 3. The Bertz CT molecular complexity index is 1060. The van der Waals surface area contributed by atoms with E-state index in [-0.39, 0.29) is 13.1 Å². The van der Waals surface area contributed by atoms with E-state index in [2.05, 4.69) is 4.90 Å². The van der Waals surface area contributed by atoms with Gasteiger partial charge in [-0.2, -0.15) is 8.42 Å². The number of carbonyl (C=O) groups excluding carboxylic acids is 1. The van der Waals surface area contributed by atoms with Crippen molar-refractivity contribution in [1.82, 2.24) is 9.21 Å². The fourth-order valence-electron chi connectivity index (χ4n) is 3.96. The van der Waals surface area contributed by atoms with Crippen LogP contribution < -0.4 is 4.31 Å². The maximum atomic E-state index is 13.5. The highest BCUT2D eigenvalue weighted by Crippen LogP contribution is 2.34. The van der Waals surface area contributed by atoms with Gasteiger partial charge in [0, 0.05) is 6.54 Å². The zero-order chi connectivity index (χ0) is 21.3. The highest BCUT2D eigenvalue weighted by molar-refractivity contribution is 7.91. The van der Waals surface area contributed by atoms with Crippen molar-refractivity contribution in [3.05, 3.63) is 63.6 Å². The third kappa shape index (κ3) is 4.17. The van der Waals surface area contributed by atoms with Crippen molar-refractivity contribution in [2.45, 2.75) is 25.8 Å². The van der Waals surface area contributed by atoms with Crippen LogP contribution in [-0.4, -0.2) is 49.7 Å². The molecule has 0 bridgehead atoms. The largest absolute Gasteiger partial charge is 0.329 e. The molecule has 0 aromatic heterocycles. The molecule has 9 heteroatoms. The highest BCUT2D eigenvalue weighted by Gasteiger charge is 2.41. The number of para-hydroxylation sites is 1. The molecule has 0 radical (unpaired) electrons. The zero-order valence-electron chi connectivity index (χ0n) is 16.4. The SMILES string of the molecule is O=C1c2ccccc2N(Cc2ccc(Cl)c(Cl)c2)S(=O)(=O)N1CCN1CCCCC1. The molecule has 0 saturated carbocycles. The van der Waals surface area contributed by atoms with Crippen LogP contribution in [0.1, 0.15) is 35.2 Å². The first-order valence-electron chi connectivity index (χ1n) is 9.98. The number of rotatable bonds is 5. The fourth-order valence-corrected chi connectivity index (χ4v) is 5.86. The number of amides is 1. The predicted molar refractivity (Wildman–Crippen MR) is 119 cm³/mol. The molecule has 4 rings (SSSR count). The van der Waals surface area contributed by atoms with Gasteiger partial charge in [0.25, 0.3) is 5.91 Å². The Balaban J connectivity index is 1.66. The number of fused-ring (bicyclic) bond motifs is 1. The molecule has 1 amide bonds. The van der Waals surface area contributed by atoms with E-state index in [0.29, 0.717) is 33.4 Å². The van der Waals surface area contributed by atoms with E-state index < -0.39 is 16.1 Å². The third-order valence-electron chi connectivity index (χ3n) is 5.56. The van der Waals surface area contributed by atoms with Crippen LogP contribution in [-0.2, 0) is 16.8 Å². The van der Waals surface area contributed by atoms with E-state index in [1.165, 1.54) is 10.7 Å². The van der Waals surface area contributed by atoms with Gasteiger partial charge in [0.1, 0.15) is 0 Å². The van der Waals surface area contributed by atoms with Crippen LogP contribution in [0.25, 0.3) is 0 Å². The van der Waals surface area contributed by atoms with E-state index in [0.717, 1.165) is 30.2 Å². The Kier molecular flexibility index (Phi) is 6.25. The maximum Gasteiger partial charge on any atom is 0.329 e. The quantitative estimate of drug-likeness (QED) is 0.661. The van der Waals surface area contributed by atoms with Gasteiger partial charge in [-0.25, -0.2) is 8.61 Å². The number of hydrogen-bond donors (Lipinski definition) is 0. The lowest BCUT2D eigenvalue weighted by Crippen LogP contribution is -2.53. The van der Waals surface area contributed by atoms with Gasteiger partial charge in [-0.15, -0.1) is 0 Å². The Morgan fingerprint density at radius 1 is 0.867 bits per heavy atom. The molecule has 2 aromatic carbocycles. The van der Waals surface area contributed by atoms with Crippen molar-refractivity contribution in [3.8, 4) is 0 Å². The smallest absolute Gasteiger partial charge is 0.302 e. The molecule has 0 N–H and O–H groups in total. The monoisotopic (exact) mass is 467 g/mol. The summed E-state index contributed by atoms with van der Waals surface area (Å²) in [5, 5.41) is 0.760. The van der Waals surface area contributed by atoms with E-state index >= 15 is 0 Å². The first kappa shape index (κ1) is 21.4. The molecule has 1 saturated heterocycles. The lowest BCUT2D eigenvalue weighted by atomic mass is 10.1. The molecule has 0 spiro atoms. The van der Waals surface area contributed by atoms with E-state index in [1.807, 2.05) is 0 Å². The lowest BCUT2D eigenvalue weighted by molar-refractivity contribution is 0.0841. The number of benzene rings is 2. The Morgan fingerprint density at radius 3 is 2.33 bits per heavy atom. The number of halogens is 2. The molecule has 0 unspecified atom stereocenters. The molecule has 2 aromatic rings. The van der Waals surface area contributed by atoms with Gasteiger partial charge in [0.2, 0.25) is 0 Å². The van der Waals surface area contributed by atoms with Gasteiger partial charge in [-0.05, 0) is 55.8 Å². The summed E-state index contributed by atoms with van der Waals surface area (Å²) in [6.45, 7) is 2.60. The standard InChI is InChI=1S/C21H23Cl2N3O3S/c22-18-9-8-16(14-19(18)23)15-26-20-7-3-2-6-17(20)21(27)25(30(26,28)29)13-12-24-10-4-1-5-11-24/h2-3,6-9,14H,1,4-5,10-13,15H2. The van der Waals surface area contributed by atoms with Crippen LogP contribution in [0.5, 0.6) is 0 Å². The van der Waals surface area contributed by atoms with Crippen molar-refractivity contribution in [2.75, 3.05) is 30.5 Å². The molecule has 0 atom stereocenters. The molecule has 2 heterocycles. The Hall–Kier alpha value is -1.80. The topological polar surface area (TPSA) is 60.9 Å². The average molecular weight is 468 g/mol. The van der Waals surface area contributed by atoms with Crippen molar-refractivity contribution in [1.29, 1.82) is 0 Å². The molecular weight excluding hydrogens is 445 g/mol. The number of carbonyl (C=O) groups is 1. The number of anilines is 1. The average Bonchev–Trinajstić information content (AvgIpc) is 2.74. The molecule has 1 fully saturated rings. The van der Waals surface area contributed by atoms with Gasteiger partial charge in [0.15, 0.2) is 0 Å². The van der Waals surface area contributed by atoms with Crippen molar-refractivity contribution in [2.24, 2.45) is 0 Å². The molecular formula is C21H23Cl2N3O3S. The van der Waals surface area contributed by atoms with Crippen LogP contribution in [0, 0.1) is 0 Å². The van der Waals surface area contributed by atoms with E-state index in [1.54, 1.807) is 42.5 Å². The van der Waals surface area contributed by atoms with Crippen LogP contribution in [0.2, 0.25) is 10.0 Å². The summed E-state index contributed by atoms with van der Waals surface area (Å²) in [6.07, 6.45) is 3.40. The number of likely N-dealkylation sites (tertiary alicyclic amines) is 1. The predicted octanol–water partition coefficient (Wildman–Crippen LogP) is 4.19. The van der Waals surface area contributed by atoms with Crippen molar-refractivity contribution >= 4 is 45.0 Å². The minimum absolute atomic E-state index is 0.0593. The van der Waals surface area contributed by atoms with Crippen LogP contribution in [0.4, 0.5) is 5.69 Å². The summed E-state index contributed by atoms with van der Waals surface area (Å²) in [6, 6.07) is 11.8. The second kappa shape index (κ2) is 8.75. The summed E-state index contributed by atoms with van der Waals surface area (Å²) in [5.74, 6) is -0.479. The second-order valence-electron chi connectivity index (χ2n) is 7.56. The summed E-state index contributed by atoms with van der Waals surface area (Å²) in [7, 11) is -4.03. The summed E-state index contributed by atoms with van der Waals surface area (Å²) in [4.78, 5) is 15.3. The zero-order valence-corrected chi connectivity index (χ0v) is 18.8. The number of hydrogen-bond acceptors (Lipinski definition) is 4. The van der Waals surface area contributed by atoms with Gasteiger partial charge in [-0.1, -0.05) is 47.8 Å². The summed E-state index contributed by atoms with van der Waals surface area (Å²) < 4.78 is 29.2. The molecule has 0 aliphatic carbocycles. The van der Waals surface area contributed by atoms with E-state index in [4.69, 9.17) is 23.2 Å². The third-order valence-corrected chi connectivity index (χ3v) is 8.09. The fraction of sp³-hybridized carbons (Fsp3) is 0.381. The molecule has 2 aliphatic rings. The minimum Gasteiger partial charge on any atom is -0.302 e. The Morgan fingerprint density at radius 2 is 1.60 bits per heavy atom. The first-order valence-corrected chi connectivity index (χ1v) is 12.1. The van der Waals surface area contributed by atoms with Crippen molar-refractivity contribution < 1.29 is 13.2 Å². The van der Waals surface area contributed by atoms with E-state index in [9.17, 15) is 13.2 Å². The minimum atomic E-state index is -4.03. The highest BCUT2D eigenvalue weighted by atomic mass is 35.5. The van der Waals surface area contributed by atoms with Crippen LogP contribution in [0.15, 0.2) is 42.5 Å². The Labute approximate surface area is 187 Å². The van der Waals surface area contributed by atoms with Gasteiger partial charge >= 0.3 is 10.2 Å². The molecule has 6 nitrogen and oxygen atoms in total. The van der Waals surface area contributed by atoms with Gasteiger partial charge in [-0.3, -0.25) is 4.79 Å². The molecule has 160 valence electrons. The van der Waals surface area contributed by atoms with Gasteiger partial charge < -0.3 is 4.90 Å². The number of piperidine rings is 1. The summed E-state index contributed by atoms with van der Waals surface area (Å²) in [5.41, 5.74) is 1.45. The molecule has 30 heavy (non-hydrogen) atoms. The lowest BCUT2D eigenvalue weighted by Gasteiger charge is -2.38. The second-order valence-corrected chi connectivity index (χ2v) is 10.2. The maximum absolute atomic E-state index is 13.5. The molecule has 2 aliphatic heterocycles. The van der Waals surface area contributed by atoms with Crippen LogP contribution in [0.3, 0.4) is 0 Å². The van der Waals surface area contributed by atoms with Crippen LogP contribution >= 0.6 is 23.2 Å².